The molecule has 3 rings (SSSR count). The van der Waals surface area contributed by atoms with Crippen LogP contribution in [0.15, 0.2) is 23.1 Å². The van der Waals surface area contributed by atoms with Gasteiger partial charge in [-0.1, -0.05) is 0 Å². The van der Waals surface area contributed by atoms with Gasteiger partial charge in [-0.3, -0.25) is 0 Å². The molecule has 0 amide bonds. The Balaban J connectivity index is 1.73. The van der Waals surface area contributed by atoms with Gasteiger partial charge in [-0.05, 0) is 30.9 Å². The first-order chi connectivity index (χ1) is 9.56. The fourth-order valence-corrected chi connectivity index (χ4v) is 3.26. The van der Waals surface area contributed by atoms with Gasteiger partial charge in [0.05, 0.1) is 4.90 Å². The van der Waals surface area contributed by atoms with Crippen molar-refractivity contribution >= 4 is 10.0 Å². The highest BCUT2D eigenvalue weighted by molar-refractivity contribution is 7.89. The Labute approximate surface area is 118 Å². The third kappa shape index (κ3) is 2.89. The first-order valence-corrected chi connectivity index (χ1v) is 8.19. The van der Waals surface area contributed by atoms with Crippen molar-refractivity contribution in [3.63, 3.8) is 0 Å². The maximum atomic E-state index is 12.2. The molecule has 20 heavy (non-hydrogen) atoms. The molecule has 0 spiro atoms. The maximum Gasteiger partial charge on any atom is 0.240 e. The summed E-state index contributed by atoms with van der Waals surface area (Å²) in [6.07, 6.45) is 2.18. The van der Waals surface area contributed by atoms with Crippen molar-refractivity contribution < 1.29 is 17.9 Å². The number of ether oxygens (including phenoxy) is 2. The number of fused-ring (bicyclic) bond motifs is 1. The molecule has 1 heterocycles. The van der Waals surface area contributed by atoms with Crippen LogP contribution in [-0.2, 0) is 10.0 Å². The lowest BCUT2D eigenvalue weighted by Crippen LogP contribution is -2.38. The maximum absolute atomic E-state index is 12.2. The summed E-state index contributed by atoms with van der Waals surface area (Å²) in [7, 11) is -3.56. The molecule has 110 valence electrons. The van der Waals surface area contributed by atoms with E-state index in [1.165, 1.54) is 12.1 Å². The lowest BCUT2D eigenvalue weighted by molar-refractivity contribution is 0.171. The van der Waals surface area contributed by atoms with Crippen LogP contribution >= 0.6 is 0 Å². The summed E-state index contributed by atoms with van der Waals surface area (Å²) in [5.74, 6) is 1.49. The van der Waals surface area contributed by atoms with Crippen molar-refractivity contribution in [1.82, 2.24) is 4.72 Å². The Morgan fingerprint density at radius 2 is 1.95 bits per heavy atom. The third-order valence-electron chi connectivity index (χ3n) is 3.56. The molecule has 1 aromatic rings. The Morgan fingerprint density at radius 3 is 2.65 bits per heavy atom. The lowest BCUT2D eigenvalue weighted by Gasteiger charge is -2.19. The van der Waals surface area contributed by atoms with E-state index in [4.69, 9.17) is 15.2 Å². The predicted octanol–water partition coefficient (Wildman–Crippen LogP) is 0.473. The second kappa shape index (κ2) is 5.23. The average Bonchev–Trinajstić information content (AvgIpc) is 3.29. The zero-order valence-electron chi connectivity index (χ0n) is 11.0. The molecule has 7 heteroatoms. The average molecular weight is 298 g/mol. The van der Waals surface area contributed by atoms with Crippen LogP contribution in [0.2, 0.25) is 0 Å². The number of hydrogen-bond acceptors (Lipinski definition) is 5. The van der Waals surface area contributed by atoms with Crippen molar-refractivity contribution in [1.29, 1.82) is 0 Å². The van der Waals surface area contributed by atoms with Crippen LogP contribution in [0.5, 0.6) is 11.5 Å². The molecule has 2 aliphatic rings. The van der Waals surface area contributed by atoms with Gasteiger partial charge in [0.1, 0.15) is 13.2 Å². The normalized spacial score (nSPS) is 19.6. The zero-order chi connectivity index (χ0) is 14.2. The van der Waals surface area contributed by atoms with Gasteiger partial charge >= 0.3 is 0 Å². The van der Waals surface area contributed by atoms with E-state index in [0.717, 1.165) is 12.8 Å². The molecule has 1 unspecified atom stereocenters. The van der Waals surface area contributed by atoms with Crippen molar-refractivity contribution in [2.45, 2.75) is 23.8 Å². The van der Waals surface area contributed by atoms with E-state index >= 15 is 0 Å². The largest absolute Gasteiger partial charge is 0.486 e. The molecular formula is C13H18N2O4S. The lowest BCUT2D eigenvalue weighted by atomic mass is 10.2. The molecule has 0 radical (unpaired) electrons. The molecule has 6 nitrogen and oxygen atoms in total. The van der Waals surface area contributed by atoms with Crippen LogP contribution < -0.4 is 19.9 Å². The molecule has 0 saturated heterocycles. The number of nitrogens with two attached hydrogens (primary N) is 1. The second-order valence-corrected chi connectivity index (χ2v) is 6.93. The molecule has 3 N–H and O–H groups in total. The van der Waals surface area contributed by atoms with Crippen LogP contribution in [0, 0.1) is 5.92 Å². The van der Waals surface area contributed by atoms with Gasteiger partial charge in [0.25, 0.3) is 0 Å². The summed E-state index contributed by atoms with van der Waals surface area (Å²) < 4.78 is 37.7. The zero-order valence-corrected chi connectivity index (χ0v) is 11.9. The third-order valence-corrected chi connectivity index (χ3v) is 4.98. The number of sulfonamides is 1. The number of rotatable bonds is 5. The SMILES string of the molecule is NC(CNS(=O)(=O)c1ccc2c(c1)OCCO2)C1CC1. The van der Waals surface area contributed by atoms with Gasteiger partial charge in [-0.2, -0.15) is 0 Å². The summed E-state index contributed by atoms with van der Waals surface area (Å²) >= 11 is 0. The number of benzene rings is 1. The molecule has 0 aromatic heterocycles. The minimum absolute atomic E-state index is 0.109. The van der Waals surface area contributed by atoms with Gasteiger partial charge in [0.2, 0.25) is 10.0 Å². The van der Waals surface area contributed by atoms with Crippen LogP contribution in [0.3, 0.4) is 0 Å². The van der Waals surface area contributed by atoms with E-state index in [1.54, 1.807) is 6.07 Å². The fourth-order valence-electron chi connectivity index (χ4n) is 2.17. The molecular weight excluding hydrogens is 280 g/mol. The molecule has 1 fully saturated rings. The van der Waals surface area contributed by atoms with Crippen molar-refractivity contribution in [2.24, 2.45) is 11.7 Å². The van der Waals surface area contributed by atoms with Gasteiger partial charge < -0.3 is 15.2 Å². The van der Waals surface area contributed by atoms with Crippen LogP contribution in [0.1, 0.15) is 12.8 Å². The Bertz CT molecular complexity index is 598. The molecule has 1 atom stereocenters. The topological polar surface area (TPSA) is 90.7 Å². The Morgan fingerprint density at radius 1 is 1.25 bits per heavy atom. The quantitative estimate of drug-likeness (QED) is 0.825. The first kappa shape index (κ1) is 13.7. The molecule has 0 bridgehead atoms. The summed E-state index contributed by atoms with van der Waals surface area (Å²) in [4.78, 5) is 0.171. The minimum atomic E-state index is -3.56. The van der Waals surface area contributed by atoms with Crippen molar-refractivity contribution in [3.8, 4) is 11.5 Å². The van der Waals surface area contributed by atoms with E-state index in [0.29, 0.717) is 30.6 Å². The minimum Gasteiger partial charge on any atom is -0.486 e. The second-order valence-electron chi connectivity index (χ2n) is 5.16. The van der Waals surface area contributed by atoms with E-state index in [2.05, 4.69) is 4.72 Å². The number of hydrogen-bond donors (Lipinski definition) is 2. The van der Waals surface area contributed by atoms with Gasteiger partial charge in [0.15, 0.2) is 11.5 Å². The van der Waals surface area contributed by atoms with Gasteiger partial charge in [-0.15, -0.1) is 0 Å². The van der Waals surface area contributed by atoms with E-state index in [9.17, 15) is 8.42 Å². The fraction of sp³-hybridized carbons (Fsp3) is 0.538. The summed E-state index contributed by atoms with van der Waals surface area (Å²) in [5, 5.41) is 0. The Hall–Kier alpha value is -1.31. The molecule has 1 aliphatic carbocycles. The number of nitrogens with one attached hydrogen (secondary N) is 1. The van der Waals surface area contributed by atoms with E-state index in [1.807, 2.05) is 0 Å². The van der Waals surface area contributed by atoms with Gasteiger partial charge in [0, 0.05) is 18.7 Å². The first-order valence-electron chi connectivity index (χ1n) is 6.71. The van der Waals surface area contributed by atoms with Crippen molar-refractivity contribution in [3.05, 3.63) is 18.2 Å². The highest BCUT2D eigenvalue weighted by atomic mass is 32.2. The monoisotopic (exact) mass is 298 g/mol. The standard InChI is InChI=1S/C13H18N2O4S/c14-11(9-1-2-9)8-15-20(16,17)10-3-4-12-13(7-10)19-6-5-18-12/h3-4,7,9,11,15H,1-2,5-6,8,14H2. The van der Waals surface area contributed by atoms with Crippen LogP contribution in [0.25, 0.3) is 0 Å². The van der Waals surface area contributed by atoms with Crippen molar-refractivity contribution in [2.75, 3.05) is 19.8 Å². The summed E-state index contributed by atoms with van der Waals surface area (Å²) in [6, 6.07) is 4.50. The van der Waals surface area contributed by atoms with E-state index in [-0.39, 0.29) is 17.5 Å². The highest BCUT2D eigenvalue weighted by Gasteiger charge is 2.29. The van der Waals surface area contributed by atoms with Crippen LogP contribution in [0.4, 0.5) is 0 Å². The Kier molecular flexibility index (Phi) is 3.57. The molecule has 1 aromatic carbocycles. The summed E-state index contributed by atoms with van der Waals surface area (Å²) in [5.41, 5.74) is 5.90. The highest BCUT2D eigenvalue weighted by Crippen LogP contribution is 2.33. The van der Waals surface area contributed by atoms with Crippen LogP contribution in [-0.4, -0.2) is 34.2 Å². The summed E-state index contributed by atoms with van der Waals surface area (Å²) in [6.45, 7) is 1.17. The van der Waals surface area contributed by atoms with E-state index < -0.39 is 10.0 Å². The van der Waals surface area contributed by atoms with Gasteiger partial charge in [-0.25, -0.2) is 13.1 Å². The molecule has 1 aliphatic heterocycles. The molecule has 1 saturated carbocycles. The smallest absolute Gasteiger partial charge is 0.240 e. The predicted molar refractivity (Wildman–Crippen MR) is 73.3 cm³/mol.